The first-order valence-electron chi connectivity index (χ1n) is 7.15. The lowest BCUT2D eigenvalue weighted by atomic mass is 10.1. The predicted octanol–water partition coefficient (Wildman–Crippen LogP) is 5.45. The van der Waals surface area contributed by atoms with Crippen molar-refractivity contribution in [1.29, 1.82) is 0 Å². The number of pyridine rings is 1. The van der Waals surface area contributed by atoms with Gasteiger partial charge in [-0.05, 0) is 29.5 Å². The maximum Gasteiger partial charge on any atom is 0.417 e. The molecule has 0 saturated heterocycles. The number of benzene rings is 1. The lowest BCUT2D eigenvalue weighted by Gasteiger charge is -2.15. The Morgan fingerprint density at radius 1 is 1.28 bits per heavy atom. The van der Waals surface area contributed by atoms with E-state index in [4.69, 9.17) is 23.2 Å². The van der Waals surface area contributed by atoms with Gasteiger partial charge in [0.05, 0.1) is 11.1 Å². The normalized spacial score (nSPS) is 11.4. The van der Waals surface area contributed by atoms with Gasteiger partial charge >= 0.3 is 6.18 Å². The van der Waals surface area contributed by atoms with E-state index in [0.717, 1.165) is 24.0 Å². The van der Waals surface area contributed by atoms with E-state index in [1.165, 1.54) is 6.07 Å². The predicted molar refractivity (Wildman–Crippen MR) is 93.3 cm³/mol. The monoisotopic (exact) mass is 408 g/mol. The highest BCUT2D eigenvalue weighted by molar-refractivity contribution is 7.99. The molecule has 0 aliphatic heterocycles. The largest absolute Gasteiger partial charge is 0.417 e. The summed E-state index contributed by atoms with van der Waals surface area (Å²) in [7, 11) is 0. The summed E-state index contributed by atoms with van der Waals surface area (Å²) < 4.78 is 39.7. The Morgan fingerprint density at radius 2 is 2.00 bits per heavy atom. The van der Waals surface area contributed by atoms with Gasteiger partial charge in [-0.3, -0.25) is 4.79 Å². The third-order valence-corrected chi connectivity index (χ3v) is 4.64. The van der Waals surface area contributed by atoms with Crippen molar-refractivity contribution in [1.82, 2.24) is 10.3 Å². The summed E-state index contributed by atoms with van der Waals surface area (Å²) in [6.45, 7) is 1.74. The zero-order valence-electron chi connectivity index (χ0n) is 13.0. The molecular formula is C16H13Cl2F3N2OS. The van der Waals surface area contributed by atoms with Gasteiger partial charge in [-0.25, -0.2) is 4.98 Å². The Labute approximate surface area is 156 Å². The zero-order chi connectivity index (χ0) is 18.6. The Balaban J connectivity index is 2.31. The minimum Gasteiger partial charge on any atom is -0.348 e. The van der Waals surface area contributed by atoms with E-state index in [2.05, 4.69) is 10.3 Å². The van der Waals surface area contributed by atoms with Crippen molar-refractivity contribution >= 4 is 40.9 Å². The lowest BCUT2D eigenvalue weighted by Crippen LogP contribution is -2.27. The highest BCUT2D eigenvalue weighted by atomic mass is 35.5. The first-order chi connectivity index (χ1) is 11.7. The number of carbonyl (C=O) groups is 1. The van der Waals surface area contributed by atoms with Gasteiger partial charge in [0.25, 0.3) is 5.91 Å². The number of carbonyl (C=O) groups excluding carboxylic acids is 1. The van der Waals surface area contributed by atoms with Crippen LogP contribution in [0.25, 0.3) is 0 Å². The van der Waals surface area contributed by atoms with Gasteiger partial charge in [0.1, 0.15) is 5.03 Å². The number of amides is 1. The molecule has 1 heterocycles. The Hall–Kier alpha value is -1.44. The molecule has 0 saturated carbocycles. The van der Waals surface area contributed by atoms with E-state index in [1.807, 2.05) is 0 Å². The molecular weight excluding hydrogens is 396 g/mol. The van der Waals surface area contributed by atoms with Gasteiger partial charge in [0, 0.05) is 22.8 Å². The molecule has 2 aromatic rings. The van der Waals surface area contributed by atoms with Crippen LogP contribution in [0.5, 0.6) is 0 Å². The topological polar surface area (TPSA) is 42.0 Å². The third kappa shape index (κ3) is 5.03. The molecule has 0 spiro atoms. The van der Waals surface area contributed by atoms with Gasteiger partial charge < -0.3 is 5.32 Å². The van der Waals surface area contributed by atoms with Crippen LogP contribution in [0.4, 0.5) is 13.2 Å². The second-order valence-electron chi connectivity index (χ2n) is 4.89. The number of thioether (sulfide) groups is 1. The number of nitrogens with zero attached hydrogens (tertiary/aromatic N) is 1. The molecule has 0 aliphatic carbocycles. The van der Waals surface area contributed by atoms with E-state index >= 15 is 0 Å². The molecule has 0 unspecified atom stereocenters. The van der Waals surface area contributed by atoms with Crippen LogP contribution in [0, 0.1) is 0 Å². The molecule has 0 bridgehead atoms. The molecule has 1 N–H and O–H groups in total. The van der Waals surface area contributed by atoms with E-state index in [0.29, 0.717) is 21.4 Å². The molecule has 0 aliphatic rings. The number of aromatic nitrogens is 1. The summed E-state index contributed by atoms with van der Waals surface area (Å²) in [5.41, 5.74) is -0.952. The first-order valence-corrected chi connectivity index (χ1v) is 8.89. The second kappa shape index (κ2) is 8.29. The minimum absolute atomic E-state index is 0.0305. The number of nitrogens with one attached hydrogen (secondary N) is 1. The molecule has 1 amide bonds. The lowest BCUT2D eigenvalue weighted by molar-refractivity contribution is -0.138. The maximum absolute atomic E-state index is 13.2. The maximum atomic E-state index is 13.2. The van der Waals surface area contributed by atoms with Gasteiger partial charge in [0.2, 0.25) is 0 Å². The number of halogens is 5. The molecule has 2 rings (SSSR count). The van der Waals surface area contributed by atoms with Gasteiger partial charge in [0.15, 0.2) is 0 Å². The molecule has 1 aromatic heterocycles. The Kier molecular flexibility index (Phi) is 6.59. The third-order valence-electron chi connectivity index (χ3n) is 3.18. The fourth-order valence-electron chi connectivity index (χ4n) is 2.07. The fourth-order valence-corrected chi connectivity index (χ4v) is 3.30. The summed E-state index contributed by atoms with van der Waals surface area (Å²) in [6, 6.07) is 5.47. The Morgan fingerprint density at radius 3 is 2.60 bits per heavy atom. The summed E-state index contributed by atoms with van der Waals surface area (Å²) >= 11 is 12.9. The van der Waals surface area contributed by atoms with Crippen LogP contribution in [0.1, 0.15) is 28.4 Å². The Bertz CT molecular complexity index is 784. The molecule has 0 radical (unpaired) electrons. The van der Waals surface area contributed by atoms with Gasteiger partial charge in [-0.15, -0.1) is 11.8 Å². The van der Waals surface area contributed by atoms with E-state index in [-0.39, 0.29) is 11.6 Å². The quantitative estimate of drug-likeness (QED) is 0.668. The number of rotatable bonds is 5. The van der Waals surface area contributed by atoms with Crippen LogP contribution < -0.4 is 5.32 Å². The van der Waals surface area contributed by atoms with Crippen LogP contribution in [-0.2, 0) is 12.7 Å². The van der Waals surface area contributed by atoms with Crippen molar-refractivity contribution in [3.8, 4) is 0 Å². The smallest absolute Gasteiger partial charge is 0.348 e. The highest BCUT2D eigenvalue weighted by Crippen LogP contribution is 2.35. The SMILES string of the molecule is CCSc1nccc(C(F)(F)F)c1C(=O)NCc1ccc(Cl)cc1Cl. The highest BCUT2D eigenvalue weighted by Gasteiger charge is 2.37. The van der Waals surface area contributed by atoms with E-state index < -0.39 is 23.2 Å². The fraction of sp³-hybridized carbons (Fsp3) is 0.250. The first kappa shape index (κ1) is 19.9. The number of alkyl halides is 3. The molecule has 25 heavy (non-hydrogen) atoms. The van der Waals surface area contributed by atoms with E-state index in [9.17, 15) is 18.0 Å². The molecule has 3 nitrogen and oxygen atoms in total. The van der Waals surface area contributed by atoms with Crippen molar-refractivity contribution in [3.05, 3.63) is 57.2 Å². The van der Waals surface area contributed by atoms with Crippen molar-refractivity contribution < 1.29 is 18.0 Å². The van der Waals surface area contributed by atoms with Crippen LogP contribution in [-0.4, -0.2) is 16.6 Å². The molecule has 134 valence electrons. The molecule has 9 heteroatoms. The molecule has 0 atom stereocenters. The zero-order valence-corrected chi connectivity index (χ0v) is 15.3. The standard InChI is InChI=1S/C16H13Cl2F3N2OS/c1-2-25-15-13(11(5-6-22-15)16(19,20)21)14(24)23-8-9-3-4-10(17)7-12(9)18/h3-7H,2,8H2,1H3,(H,23,24). The summed E-state index contributed by atoms with van der Waals surface area (Å²) in [5.74, 6) is -0.375. The molecule has 1 aromatic carbocycles. The van der Waals surface area contributed by atoms with Crippen molar-refractivity contribution in [2.24, 2.45) is 0 Å². The second-order valence-corrected chi connectivity index (χ2v) is 6.98. The van der Waals surface area contributed by atoms with Crippen LogP contribution in [0.3, 0.4) is 0 Å². The summed E-state index contributed by atoms with van der Waals surface area (Å²) in [5, 5.41) is 3.25. The average molecular weight is 409 g/mol. The van der Waals surface area contributed by atoms with Crippen LogP contribution in [0.2, 0.25) is 10.0 Å². The van der Waals surface area contributed by atoms with Gasteiger partial charge in [-0.2, -0.15) is 13.2 Å². The van der Waals surface area contributed by atoms with Crippen LogP contribution in [0.15, 0.2) is 35.5 Å². The summed E-state index contributed by atoms with van der Waals surface area (Å²) in [6.07, 6.45) is -3.61. The van der Waals surface area contributed by atoms with Gasteiger partial charge in [-0.1, -0.05) is 36.2 Å². The van der Waals surface area contributed by atoms with Crippen molar-refractivity contribution in [3.63, 3.8) is 0 Å². The summed E-state index contributed by atoms with van der Waals surface area (Å²) in [4.78, 5) is 16.3. The number of hydrogen-bond acceptors (Lipinski definition) is 3. The number of hydrogen-bond donors (Lipinski definition) is 1. The van der Waals surface area contributed by atoms with E-state index in [1.54, 1.807) is 19.1 Å². The van der Waals surface area contributed by atoms with Crippen molar-refractivity contribution in [2.45, 2.75) is 24.7 Å². The van der Waals surface area contributed by atoms with Crippen molar-refractivity contribution in [2.75, 3.05) is 5.75 Å². The average Bonchev–Trinajstić information content (AvgIpc) is 2.53. The minimum atomic E-state index is -4.66. The molecule has 0 fully saturated rings. The van der Waals surface area contributed by atoms with Crippen LogP contribution >= 0.6 is 35.0 Å².